The lowest BCUT2D eigenvalue weighted by atomic mass is 10.1. The Morgan fingerprint density at radius 3 is 2.74 bits per heavy atom. The zero-order valence-corrected chi connectivity index (χ0v) is 10.2. The molecule has 0 saturated heterocycles. The van der Waals surface area contributed by atoms with Gasteiger partial charge in [-0.1, -0.05) is 0 Å². The predicted molar refractivity (Wildman–Crippen MR) is 69.7 cm³/mol. The maximum absolute atomic E-state index is 12.0. The molecule has 5 nitrogen and oxygen atoms in total. The number of nitrogens with one attached hydrogen (secondary N) is 1. The van der Waals surface area contributed by atoms with Gasteiger partial charge in [-0.3, -0.25) is 4.79 Å². The van der Waals surface area contributed by atoms with Gasteiger partial charge < -0.3 is 10.4 Å². The summed E-state index contributed by atoms with van der Waals surface area (Å²) in [4.78, 5) is 15.8. The number of phenols is 1. The number of hydrogen-bond acceptors (Lipinski definition) is 4. The van der Waals surface area contributed by atoms with Crippen LogP contribution >= 0.6 is 0 Å². The lowest BCUT2D eigenvalue weighted by Gasteiger charge is -2.08. The number of nitrogens with zero attached hydrogens (tertiary/aromatic N) is 2. The van der Waals surface area contributed by atoms with Gasteiger partial charge in [-0.15, -0.1) is 0 Å². The van der Waals surface area contributed by atoms with Crippen molar-refractivity contribution in [3.8, 4) is 11.8 Å². The first-order valence-corrected chi connectivity index (χ1v) is 5.57. The van der Waals surface area contributed by atoms with Crippen molar-refractivity contribution in [2.75, 3.05) is 5.32 Å². The molecule has 5 heteroatoms. The minimum atomic E-state index is -0.314. The molecule has 0 bridgehead atoms. The zero-order valence-electron chi connectivity index (χ0n) is 10.2. The number of benzene rings is 1. The molecule has 0 atom stereocenters. The third-order valence-electron chi connectivity index (χ3n) is 2.60. The average Bonchev–Trinajstić information content (AvgIpc) is 2.42. The fourth-order valence-electron chi connectivity index (χ4n) is 1.58. The molecule has 0 saturated carbocycles. The van der Waals surface area contributed by atoms with Crippen molar-refractivity contribution in [1.29, 1.82) is 5.26 Å². The van der Waals surface area contributed by atoms with E-state index in [2.05, 4.69) is 10.3 Å². The summed E-state index contributed by atoms with van der Waals surface area (Å²) in [7, 11) is 0. The summed E-state index contributed by atoms with van der Waals surface area (Å²) in [6, 6.07) is 9.60. The van der Waals surface area contributed by atoms with Crippen LogP contribution in [0.3, 0.4) is 0 Å². The van der Waals surface area contributed by atoms with Crippen LogP contribution in [-0.2, 0) is 0 Å². The van der Waals surface area contributed by atoms with Crippen molar-refractivity contribution in [1.82, 2.24) is 4.98 Å². The number of hydrogen-bond donors (Lipinski definition) is 2. The number of carbonyl (C=O) groups is 1. The molecular formula is C14H11N3O2. The van der Waals surface area contributed by atoms with Crippen molar-refractivity contribution in [3.63, 3.8) is 0 Å². The number of aromatic hydroxyl groups is 1. The van der Waals surface area contributed by atoms with E-state index < -0.39 is 0 Å². The molecule has 1 amide bonds. The Kier molecular flexibility index (Phi) is 3.44. The molecule has 0 aliphatic carbocycles. The summed E-state index contributed by atoms with van der Waals surface area (Å²) < 4.78 is 0. The Balaban J connectivity index is 2.18. The maximum atomic E-state index is 12.0. The summed E-state index contributed by atoms with van der Waals surface area (Å²) in [6.07, 6.45) is 1.35. The topological polar surface area (TPSA) is 86.0 Å². The Morgan fingerprint density at radius 2 is 2.16 bits per heavy atom. The molecule has 2 rings (SSSR count). The van der Waals surface area contributed by atoms with Crippen LogP contribution in [0.25, 0.3) is 0 Å². The van der Waals surface area contributed by atoms with Gasteiger partial charge in [-0.05, 0) is 42.8 Å². The molecule has 0 radical (unpaired) electrons. The molecule has 1 heterocycles. The van der Waals surface area contributed by atoms with Crippen LogP contribution in [0.15, 0.2) is 36.5 Å². The largest absolute Gasteiger partial charge is 0.508 e. The molecule has 0 aliphatic heterocycles. The van der Waals surface area contributed by atoms with Crippen LogP contribution in [0.1, 0.15) is 21.6 Å². The van der Waals surface area contributed by atoms with E-state index in [1.54, 1.807) is 19.1 Å². The Hall–Kier alpha value is -2.87. The van der Waals surface area contributed by atoms with Gasteiger partial charge >= 0.3 is 0 Å². The SMILES string of the molecule is Cc1cc(O)ccc1NC(=O)c1ccc(C#N)nc1. The summed E-state index contributed by atoms with van der Waals surface area (Å²) in [6.45, 7) is 1.78. The number of aryl methyl sites for hydroxylation is 1. The van der Waals surface area contributed by atoms with Crippen LogP contribution in [-0.4, -0.2) is 16.0 Å². The molecule has 2 aromatic rings. The van der Waals surface area contributed by atoms with Gasteiger partial charge in [-0.2, -0.15) is 5.26 Å². The third kappa shape index (κ3) is 2.87. The summed E-state index contributed by atoms with van der Waals surface area (Å²) in [5, 5.41) is 20.6. The first kappa shape index (κ1) is 12.6. The fraction of sp³-hybridized carbons (Fsp3) is 0.0714. The monoisotopic (exact) mass is 253 g/mol. The lowest BCUT2D eigenvalue weighted by Crippen LogP contribution is -2.13. The predicted octanol–water partition coefficient (Wildman–Crippen LogP) is 2.22. The second-order valence-electron chi connectivity index (χ2n) is 4.00. The number of rotatable bonds is 2. The normalized spacial score (nSPS) is 9.68. The quantitative estimate of drug-likeness (QED) is 0.803. The van der Waals surface area contributed by atoms with Gasteiger partial charge in [0.05, 0.1) is 5.56 Å². The molecule has 2 N–H and O–H groups in total. The van der Waals surface area contributed by atoms with E-state index in [1.165, 1.54) is 24.4 Å². The molecule has 1 aromatic heterocycles. The van der Waals surface area contributed by atoms with Gasteiger partial charge in [0.2, 0.25) is 0 Å². The molecule has 0 aliphatic rings. The maximum Gasteiger partial charge on any atom is 0.257 e. The van der Waals surface area contributed by atoms with Crippen LogP contribution in [0.5, 0.6) is 5.75 Å². The van der Waals surface area contributed by atoms with Gasteiger partial charge in [0.15, 0.2) is 0 Å². The van der Waals surface area contributed by atoms with E-state index in [0.29, 0.717) is 11.3 Å². The number of nitriles is 1. The first-order valence-electron chi connectivity index (χ1n) is 5.57. The Morgan fingerprint density at radius 1 is 1.37 bits per heavy atom. The minimum Gasteiger partial charge on any atom is -0.508 e. The van der Waals surface area contributed by atoms with E-state index in [4.69, 9.17) is 5.26 Å². The summed E-state index contributed by atoms with van der Waals surface area (Å²) >= 11 is 0. The van der Waals surface area contributed by atoms with Crippen molar-refractivity contribution < 1.29 is 9.90 Å². The number of pyridine rings is 1. The van der Waals surface area contributed by atoms with Crippen LogP contribution in [0.2, 0.25) is 0 Å². The van der Waals surface area contributed by atoms with E-state index in [9.17, 15) is 9.90 Å². The van der Waals surface area contributed by atoms with Crippen molar-refractivity contribution in [2.24, 2.45) is 0 Å². The second kappa shape index (κ2) is 5.19. The lowest BCUT2D eigenvalue weighted by molar-refractivity contribution is 0.102. The zero-order chi connectivity index (χ0) is 13.8. The second-order valence-corrected chi connectivity index (χ2v) is 4.00. The van der Waals surface area contributed by atoms with Gasteiger partial charge in [-0.25, -0.2) is 4.98 Å². The van der Waals surface area contributed by atoms with E-state index in [1.807, 2.05) is 6.07 Å². The molecular weight excluding hydrogens is 242 g/mol. The van der Waals surface area contributed by atoms with Crippen LogP contribution in [0, 0.1) is 18.3 Å². The number of amides is 1. The molecule has 1 aromatic carbocycles. The number of phenolic OH excluding ortho intramolecular Hbond substituents is 1. The van der Waals surface area contributed by atoms with Crippen LogP contribution < -0.4 is 5.32 Å². The highest BCUT2D eigenvalue weighted by molar-refractivity contribution is 6.04. The Labute approximate surface area is 110 Å². The van der Waals surface area contributed by atoms with Gasteiger partial charge in [0.1, 0.15) is 17.5 Å². The number of aromatic nitrogens is 1. The van der Waals surface area contributed by atoms with E-state index in [-0.39, 0.29) is 17.4 Å². The molecule has 0 unspecified atom stereocenters. The van der Waals surface area contributed by atoms with Crippen molar-refractivity contribution in [2.45, 2.75) is 6.92 Å². The molecule has 19 heavy (non-hydrogen) atoms. The highest BCUT2D eigenvalue weighted by Gasteiger charge is 2.08. The van der Waals surface area contributed by atoms with Crippen molar-refractivity contribution >= 4 is 11.6 Å². The van der Waals surface area contributed by atoms with Crippen LogP contribution in [0.4, 0.5) is 5.69 Å². The molecule has 0 fully saturated rings. The average molecular weight is 253 g/mol. The highest BCUT2D eigenvalue weighted by atomic mass is 16.3. The molecule has 0 spiro atoms. The van der Waals surface area contributed by atoms with Gasteiger partial charge in [0.25, 0.3) is 5.91 Å². The first-order chi connectivity index (χ1) is 9.10. The van der Waals surface area contributed by atoms with E-state index in [0.717, 1.165) is 5.56 Å². The van der Waals surface area contributed by atoms with E-state index >= 15 is 0 Å². The third-order valence-corrected chi connectivity index (χ3v) is 2.60. The smallest absolute Gasteiger partial charge is 0.257 e. The molecule has 94 valence electrons. The standard InChI is InChI=1S/C14H11N3O2/c1-9-6-12(18)4-5-13(9)17-14(19)10-2-3-11(7-15)16-8-10/h2-6,8,18H,1H3,(H,17,19). The minimum absolute atomic E-state index is 0.149. The number of anilines is 1. The highest BCUT2D eigenvalue weighted by Crippen LogP contribution is 2.20. The fourth-order valence-corrected chi connectivity index (χ4v) is 1.58. The van der Waals surface area contributed by atoms with Gasteiger partial charge in [0, 0.05) is 11.9 Å². The summed E-state index contributed by atoms with van der Waals surface area (Å²) in [5.41, 5.74) is 2.01. The Bertz CT molecular complexity index is 657. The number of carbonyl (C=O) groups excluding carboxylic acids is 1. The summed E-state index contributed by atoms with van der Waals surface area (Å²) in [5.74, 6) is -0.165. The van der Waals surface area contributed by atoms with Crippen molar-refractivity contribution in [3.05, 3.63) is 53.3 Å².